The van der Waals surface area contributed by atoms with E-state index >= 15 is 0 Å². The van der Waals surface area contributed by atoms with Crippen molar-refractivity contribution in [3.63, 3.8) is 0 Å². The third-order valence-corrected chi connectivity index (χ3v) is 5.93. The standard InChI is InChI=1S/C21H22N2O4/c1-26-18-4-2-3-17-20(18)27-19-9-12(21(24)25)5-8-16(19)23(17)15-10-13-6-7-14(11-15)22-13/h2-5,8-9,13-15,22H,6-7,10-11H2,1H3,(H,24,25). The molecule has 2 saturated heterocycles. The maximum Gasteiger partial charge on any atom is 0.335 e. The first kappa shape index (κ1) is 16.4. The summed E-state index contributed by atoms with van der Waals surface area (Å²) >= 11 is 0. The Morgan fingerprint density at radius 3 is 2.67 bits per heavy atom. The number of piperidine rings is 1. The first-order valence-electron chi connectivity index (χ1n) is 9.41. The minimum Gasteiger partial charge on any atom is -0.493 e. The summed E-state index contributed by atoms with van der Waals surface area (Å²) in [7, 11) is 1.62. The smallest absolute Gasteiger partial charge is 0.335 e. The molecule has 27 heavy (non-hydrogen) atoms. The number of hydrogen-bond donors (Lipinski definition) is 2. The molecule has 2 fully saturated rings. The molecule has 2 aromatic rings. The molecule has 3 heterocycles. The van der Waals surface area contributed by atoms with Gasteiger partial charge in [-0.15, -0.1) is 0 Å². The number of anilines is 2. The molecule has 3 aliphatic heterocycles. The van der Waals surface area contributed by atoms with Crippen LogP contribution >= 0.6 is 0 Å². The third-order valence-electron chi connectivity index (χ3n) is 5.93. The summed E-state index contributed by atoms with van der Waals surface area (Å²) in [5.74, 6) is 0.915. The van der Waals surface area contributed by atoms with Crippen LogP contribution < -0.4 is 19.7 Å². The van der Waals surface area contributed by atoms with Gasteiger partial charge >= 0.3 is 5.97 Å². The highest BCUT2D eigenvalue weighted by molar-refractivity contribution is 5.91. The number of fused-ring (bicyclic) bond motifs is 4. The second-order valence-corrected chi connectivity index (χ2v) is 7.53. The van der Waals surface area contributed by atoms with Gasteiger partial charge in [0.15, 0.2) is 17.2 Å². The number of methoxy groups -OCH3 is 1. The highest BCUT2D eigenvalue weighted by atomic mass is 16.5. The van der Waals surface area contributed by atoms with Gasteiger partial charge in [-0.1, -0.05) is 6.07 Å². The van der Waals surface area contributed by atoms with Gasteiger partial charge < -0.3 is 24.8 Å². The Labute approximate surface area is 157 Å². The molecule has 5 rings (SSSR count). The summed E-state index contributed by atoms with van der Waals surface area (Å²) in [5.41, 5.74) is 2.13. The van der Waals surface area contributed by atoms with E-state index in [9.17, 15) is 9.90 Å². The Kier molecular flexibility index (Phi) is 3.75. The predicted octanol–water partition coefficient (Wildman–Crippen LogP) is 3.92. The van der Waals surface area contributed by atoms with E-state index in [1.165, 1.54) is 12.8 Å². The van der Waals surface area contributed by atoms with Crippen LogP contribution in [0.4, 0.5) is 11.4 Å². The van der Waals surface area contributed by atoms with Crippen LogP contribution in [0.15, 0.2) is 36.4 Å². The van der Waals surface area contributed by atoms with E-state index in [0.29, 0.717) is 35.4 Å². The van der Waals surface area contributed by atoms with Gasteiger partial charge in [0, 0.05) is 18.1 Å². The van der Waals surface area contributed by atoms with Crippen molar-refractivity contribution in [3.05, 3.63) is 42.0 Å². The topological polar surface area (TPSA) is 71.0 Å². The lowest BCUT2D eigenvalue weighted by Crippen LogP contribution is -2.47. The Morgan fingerprint density at radius 1 is 1.19 bits per heavy atom. The number of carboxylic acid groups (broad SMARTS) is 1. The zero-order chi connectivity index (χ0) is 18.5. The molecule has 0 amide bonds. The lowest BCUT2D eigenvalue weighted by molar-refractivity contribution is 0.0696. The summed E-state index contributed by atoms with van der Waals surface area (Å²) in [6, 6.07) is 12.5. The van der Waals surface area contributed by atoms with Crippen molar-refractivity contribution < 1.29 is 19.4 Å². The van der Waals surface area contributed by atoms with Crippen molar-refractivity contribution in [2.75, 3.05) is 12.0 Å². The number of nitrogens with one attached hydrogen (secondary N) is 1. The molecular weight excluding hydrogens is 344 g/mol. The maximum absolute atomic E-state index is 11.4. The molecule has 140 valence electrons. The monoisotopic (exact) mass is 366 g/mol. The van der Waals surface area contributed by atoms with Crippen LogP contribution in [-0.2, 0) is 0 Å². The third kappa shape index (κ3) is 2.63. The van der Waals surface area contributed by atoms with E-state index in [-0.39, 0.29) is 5.56 Å². The quantitative estimate of drug-likeness (QED) is 0.858. The Morgan fingerprint density at radius 2 is 1.96 bits per heavy atom. The SMILES string of the molecule is COc1cccc2c1Oc1cc(C(=O)O)ccc1N2C1CC2CCC(C1)N2. The van der Waals surface area contributed by atoms with Crippen molar-refractivity contribution in [3.8, 4) is 17.2 Å². The molecule has 2 bridgehead atoms. The molecule has 0 spiro atoms. The zero-order valence-electron chi connectivity index (χ0n) is 15.1. The van der Waals surface area contributed by atoms with Gasteiger partial charge in [0.1, 0.15) is 0 Å². The van der Waals surface area contributed by atoms with E-state index in [2.05, 4.69) is 16.3 Å². The van der Waals surface area contributed by atoms with Crippen LogP contribution in [0, 0.1) is 0 Å². The maximum atomic E-state index is 11.4. The van der Waals surface area contributed by atoms with E-state index in [1.54, 1.807) is 19.2 Å². The van der Waals surface area contributed by atoms with E-state index in [0.717, 1.165) is 24.2 Å². The fourth-order valence-corrected chi connectivity index (χ4v) is 4.76. The fourth-order valence-electron chi connectivity index (χ4n) is 4.76. The molecule has 2 atom stereocenters. The number of carboxylic acids is 1. The van der Waals surface area contributed by atoms with Crippen molar-refractivity contribution >= 4 is 17.3 Å². The Bertz CT molecular complexity index is 901. The summed E-state index contributed by atoms with van der Waals surface area (Å²) in [5, 5.41) is 13.1. The van der Waals surface area contributed by atoms with Gasteiger partial charge in [0.05, 0.1) is 24.0 Å². The summed E-state index contributed by atoms with van der Waals surface area (Å²) in [6.07, 6.45) is 4.57. The average Bonchev–Trinajstić information content (AvgIpc) is 3.02. The zero-order valence-corrected chi connectivity index (χ0v) is 15.1. The van der Waals surface area contributed by atoms with Crippen molar-refractivity contribution in [2.45, 2.75) is 43.8 Å². The lowest BCUT2D eigenvalue weighted by atomic mass is 9.95. The number of benzene rings is 2. The van der Waals surface area contributed by atoms with Crippen LogP contribution in [0.1, 0.15) is 36.0 Å². The van der Waals surface area contributed by atoms with Crippen molar-refractivity contribution in [1.82, 2.24) is 5.32 Å². The molecule has 0 aromatic heterocycles. The van der Waals surface area contributed by atoms with E-state index in [1.807, 2.05) is 18.2 Å². The molecule has 6 heteroatoms. The van der Waals surface area contributed by atoms with Crippen LogP contribution in [0.25, 0.3) is 0 Å². The Hall–Kier alpha value is -2.73. The number of para-hydroxylation sites is 1. The molecule has 2 N–H and O–H groups in total. The summed E-state index contributed by atoms with van der Waals surface area (Å²) in [4.78, 5) is 13.8. The number of carbonyl (C=O) groups is 1. The van der Waals surface area contributed by atoms with Gasteiger partial charge in [-0.25, -0.2) is 4.79 Å². The Balaban J connectivity index is 1.64. The van der Waals surface area contributed by atoms with Crippen LogP contribution in [0.2, 0.25) is 0 Å². The lowest BCUT2D eigenvalue weighted by Gasteiger charge is -2.42. The van der Waals surface area contributed by atoms with Crippen LogP contribution in [0.5, 0.6) is 17.2 Å². The van der Waals surface area contributed by atoms with Gasteiger partial charge in [-0.05, 0) is 56.0 Å². The fraction of sp³-hybridized carbons (Fsp3) is 0.381. The van der Waals surface area contributed by atoms with Gasteiger partial charge in [0.25, 0.3) is 0 Å². The van der Waals surface area contributed by atoms with E-state index < -0.39 is 5.97 Å². The van der Waals surface area contributed by atoms with Gasteiger partial charge in [-0.3, -0.25) is 0 Å². The average molecular weight is 366 g/mol. The van der Waals surface area contributed by atoms with Crippen molar-refractivity contribution in [2.24, 2.45) is 0 Å². The highest BCUT2D eigenvalue weighted by Crippen LogP contribution is 2.53. The molecular formula is C21H22N2O4. The largest absolute Gasteiger partial charge is 0.493 e. The minimum absolute atomic E-state index is 0.220. The molecule has 0 radical (unpaired) electrons. The van der Waals surface area contributed by atoms with E-state index in [4.69, 9.17) is 9.47 Å². The van der Waals surface area contributed by atoms with Gasteiger partial charge in [-0.2, -0.15) is 0 Å². The molecule has 0 aliphatic carbocycles. The molecule has 6 nitrogen and oxygen atoms in total. The summed E-state index contributed by atoms with van der Waals surface area (Å²) in [6.45, 7) is 0. The second-order valence-electron chi connectivity index (χ2n) is 7.53. The molecule has 0 saturated carbocycles. The molecule has 2 unspecified atom stereocenters. The second kappa shape index (κ2) is 6.16. The van der Waals surface area contributed by atoms with Crippen LogP contribution in [0.3, 0.4) is 0 Å². The number of rotatable bonds is 3. The highest BCUT2D eigenvalue weighted by Gasteiger charge is 2.40. The number of nitrogens with zero attached hydrogens (tertiary/aromatic N) is 1. The van der Waals surface area contributed by atoms with Crippen molar-refractivity contribution in [1.29, 1.82) is 0 Å². The van der Waals surface area contributed by atoms with Gasteiger partial charge in [0.2, 0.25) is 0 Å². The molecule has 3 aliphatic rings. The number of ether oxygens (including phenoxy) is 2. The predicted molar refractivity (Wildman–Crippen MR) is 102 cm³/mol. The van der Waals surface area contributed by atoms with Crippen LogP contribution in [-0.4, -0.2) is 36.3 Å². The first-order chi connectivity index (χ1) is 13.1. The number of aromatic carboxylic acids is 1. The first-order valence-corrected chi connectivity index (χ1v) is 9.41. The normalized spacial score (nSPS) is 25.4. The molecule has 2 aromatic carbocycles. The number of hydrogen-bond acceptors (Lipinski definition) is 5. The minimum atomic E-state index is -0.960. The summed E-state index contributed by atoms with van der Waals surface area (Å²) < 4.78 is 11.7.